The fraction of sp³-hybridized carbons (Fsp3) is 0.250. The normalized spacial score (nSPS) is 10.8. The molecule has 3 nitrogen and oxygen atoms in total. The molecule has 0 fully saturated rings. The van der Waals surface area contributed by atoms with Gasteiger partial charge in [0.05, 0.1) is 18.0 Å². The molecule has 0 radical (unpaired) electrons. The van der Waals surface area contributed by atoms with Crippen molar-refractivity contribution in [2.45, 2.75) is 13.8 Å². The predicted molar refractivity (Wildman–Crippen MR) is 60.6 cm³/mol. The summed E-state index contributed by atoms with van der Waals surface area (Å²) in [5.41, 5.74) is 1.26. The summed E-state index contributed by atoms with van der Waals surface area (Å²) in [6.07, 6.45) is 0. The SMILES string of the molecule is COc1ccc(F)c2[nH]c(C)c(C)c(=O)c12. The number of hydrogen-bond acceptors (Lipinski definition) is 2. The van der Waals surface area contributed by atoms with Gasteiger partial charge in [-0.15, -0.1) is 0 Å². The second-order valence-corrected chi connectivity index (χ2v) is 3.70. The van der Waals surface area contributed by atoms with E-state index in [9.17, 15) is 9.18 Å². The fourth-order valence-corrected chi connectivity index (χ4v) is 1.71. The van der Waals surface area contributed by atoms with Crippen LogP contribution in [0.5, 0.6) is 5.75 Å². The fourth-order valence-electron chi connectivity index (χ4n) is 1.71. The van der Waals surface area contributed by atoms with Crippen LogP contribution in [0, 0.1) is 19.7 Å². The molecule has 2 rings (SSSR count). The average molecular weight is 221 g/mol. The first kappa shape index (κ1) is 10.7. The zero-order valence-electron chi connectivity index (χ0n) is 9.35. The smallest absolute Gasteiger partial charge is 0.196 e. The lowest BCUT2D eigenvalue weighted by Crippen LogP contribution is -2.11. The number of hydrogen-bond donors (Lipinski definition) is 1. The van der Waals surface area contributed by atoms with E-state index in [1.54, 1.807) is 13.8 Å². The molecule has 0 unspecified atom stereocenters. The van der Waals surface area contributed by atoms with Crippen LogP contribution in [0.15, 0.2) is 16.9 Å². The number of ether oxygens (including phenoxy) is 1. The van der Waals surface area contributed by atoms with Crippen LogP contribution in [0.25, 0.3) is 10.9 Å². The Morgan fingerprint density at radius 1 is 1.31 bits per heavy atom. The average Bonchev–Trinajstić information content (AvgIpc) is 2.27. The highest BCUT2D eigenvalue weighted by molar-refractivity contribution is 5.86. The molecule has 0 spiro atoms. The molecule has 1 N–H and O–H groups in total. The molecule has 0 bridgehead atoms. The number of aromatic amines is 1. The van der Waals surface area contributed by atoms with Crippen molar-refractivity contribution in [3.8, 4) is 5.75 Å². The summed E-state index contributed by atoms with van der Waals surface area (Å²) in [7, 11) is 1.46. The van der Waals surface area contributed by atoms with Crippen LogP contribution >= 0.6 is 0 Å². The molecule has 1 aromatic heterocycles. The minimum atomic E-state index is -0.448. The standard InChI is InChI=1S/C12H12FNO2/c1-6-7(2)14-11-8(13)4-5-9(16-3)10(11)12(6)15/h4-5H,1-3H3,(H,14,15). The summed E-state index contributed by atoms with van der Waals surface area (Å²) in [6.45, 7) is 3.45. The lowest BCUT2D eigenvalue weighted by atomic mass is 10.1. The maximum Gasteiger partial charge on any atom is 0.196 e. The van der Waals surface area contributed by atoms with E-state index in [-0.39, 0.29) is 16.3 Å². The van der Waals surface area contributed by atoms with Crippen molar-refractivity contribution >= 4 is 10.9 Å². The number of aromatic nitrogens is 1. The van der Waals surface area contributed by atoms with E-state index < -0.39 is 5.82 Å². The van der Waals surface area contributed by atoms with E-state index in [1.165, 1.54) is 19.2 Å². The number of halogens is 1. The quantitative estimate of drug-likeness (QED) is 0.802. The van der Waals surface area contributed by atoms with Gasteiger partial charge in [0.25, 0.3) is 0 Å². The first-order valence-corrected chi connectivity index (χ1v) is 4.92. The number of fused-ring (bicyclic) bond motifs is 1. The highest BCUT2D eigenvalue weighted by Gasteiger charge is 2.13. The highest BCUT2D eigenvalue weighted by atomic mass is 19.1. The van der Waals surface area contributed by atoms with Crippen molar-refractivity contribution in [1.82, 2.24) is 4.98 Å². The summed E-state index contributed by atoms with van der Waals surface area (Å²) in [5, 5.41) is 0.269. The predicted octanol–water partition coefficient (Wildman–Crippen LogP) is 2.29. The largest absolute Gasteiger partial charge is 0.496 e. The van der Waals surface area contributed by atoms with Gasteiger partial charge in [0, 0.05) is 11.3 Å². The molecule has 0 amide bonds. The molecule has 0 atom stereocenters. The molecule has 16 heavy (non-hydrogen) atoms. The van der Waals surface area contributed by atoms with Crippen LogP contribution in [-0.4, -0.2) is 12.1 Å². The van der Waals surface area contributed by atoms with Crippen molar-refractivity contribution in [2.75, 3.05) is 7.11 Å². The maximum atomic E-state index is 13.6. The monoisotopic (exact) mass is 221 g/mol. The van der Waals surface area contributed by atoms with Gasteiger partial charge in [0.2, 0.25) is 0 Å². The Morgan fingerprint density at radius 3 is 2.62 bits per heavy atom. The van der Waals surface area contributed by atoms with Gasteiger partial charge in [0.15, 0.2) is 5.43 Å². The molecule has 4 heteroatoms. The molecular formula is C12H12FNO2. The molecule has 0 aliphatic rings. The Labute approximate surface area is 91.9 Å². The number of aryl methyl sites for hydroxylation is 1. The third-order valence-corrected chi connectivity index (χ3v) is 2.78. The summed E-state index contributed by atoms with van der Waals surface area (Å²) in [5.74, 6) is -0.0586. The van der Waals surface area contributed by atoms with Crippen LogP contribution in [0.4, 0.5) is 4.39 Å². The Hall–Kier alpha value is -1.84. The van der Waals surface area contributed by atoms with E-state index in [2.05, 4.69) is 4.98 Å². The van der Waals surface area contributed by atoms with Crippen molar-refractivity contribution in [2.24, 2.45) is 0 Å². The molecule has 1 aromatic carbocycles. The molecule has 1 heterocycles. The number of pyridine rings is 1. The summed E-state index contributed by atoms with van der Waals surface area (Å²) in [4.78, 5) is 14.9. The van der Waals surface area contributed by atoms with Crippen molar-refractivity contribution in [3.63, 3.8) is 0 Å². The van der Waals surface area contributed by atoms with Gasteiger partial charge in [-0.2, -0.15) is 0 Å². The Balaban J connectivity index is 3.06. The van der Waals surface area contributed by atoms with E-state index in [0.29, 0.717) is 17.0 Å². The molecule has 0 saturated heterocycles. The van der Waals surface area contributed by atoms with Gasteiger partial charge >= 0.3 is 0 Å². The van der Waals surface area contributed by atoms with Crippen LogP contribution in [0.3, 0.4) is 0 Å². The molecule has 0 saturated carbocycles. The van der Waals surface area contributed by atoms with Gasteiger partial charge < -0.3 is 9.72 Å². The number of rotatable bonds is 1. The highest BCUT2D eigenvalue weighted by Crippen LogP contribution is 2.24. The van der Waals surface area contributed by atoms with Crippen molar-refractivity contribution in [1.29, 1.82) is 0 Å². The lowest BCUT2D eigenvalue weighted by molar-refractivity contribution is 0.418. The Morgan fingerprint density at radius 2 is 2.00 bits per heavy atom. The summed E-state index contributed by atoms with van der Waals surface area (Å²) in [6, 6.07) is 2.74. The summed E-state index contributed by atoms with van der Waals surface area (Å²) >= 11 is 0. The molecule has 0 aliphatic heterocycles. The topological polar surface area (TPSA) is 42.1 Å². The third kappa shape index (κ3) is 1.38. The number of nitrogens with one attached hydrogen (secondary N) is 1. The van der Waals surface area contributed by atoms with Gasteiger partial charge in [-0.25, -0.2) is 4.39 Å². The molecule has 84 valence electrons. The second kappa shape index (κ2) is 3.63. The van der Waals surface area contributed by atoms with E-state index in [4.69, 9.17) is 4.74 Å². The zero-order valence-corrected chi connectivity index (χ0v) is 9.35. The first-order valence-electron chi connectivity index (χ1n) is 4.92. The summed E-state index contributed by atoms with van der Waals surface area (Å²) < 4.78 is 18.6. The van der Waals surface area contributed by atoms with Gasteiger partial charge in [-0.3, -0.25) is 4.79 Å². The molecule has 0 aliphatic carbocycles. The number of benzene rings is 1. The van der Waals surface area contributed by atoms with E-state index in [0.717, 1.165) is 0 Å². The minimum absolute atomic E-state index is 0.192. The van der Waals surface area contributed by atoms with Gasteiger partial charge in [-0.05, 0) is 26.0 Å². The van der Waals surface area contributed by atoms with Crippen LogP contribution < -0.4 is 10.2 Å². The number of methoxy groups -OCH3 is 1. The number of H-pyrrole nitrogens is 1. The van der Waals surface area contributed by atoms with Crippen molar-refractivity contribution < 1.29 is 9.13 Å². The van der Waals surface area contributed by atoms with E-state index in [1.807, 2.05) is 0 Å². The van der Waals surface area contributed by atoms with Gasteiger partial charge in [-0.1, -0.05) is 0 Å². The van der Waals surface area contributed by atoms with Crippen LogP contribution in [-0.2, 0) is 0 Å². The minimum Gasteiger partial charge on any atom is -0.496 e. The molecule has 2 aromatic rings. The third-order valence-electron chi connectivity index (χ3n) is 2.78. The van der Waals surface area contributed by atoms with Crippen LogP contribution in [0.2, 0.25) is 0 Å². The zero-order chi connectivity index (χ0) is 11.9. The van der Waals surface area contributed by atoms with Gasteiger partial charge in [0.1, 0.15) is 11.6 Å². The first-order chi connectivity index (χ1) is 7.56. The van der Waals surface area contributed by atoms with E-state index >= 15 is 0 Å². The molecular weight excluding hydrogens is 209 g/mol. The Kier molecular flexibility index (Phi) is 2.42. The van der Waals surface area contributed by atoms with Crippen LogP contribution in [0.1, 0.15) is 11.3 Å². The maximum absolute atomic E-state index is 13.6. The lowest BCUT2D eigenvalue weighted by Gasteiger charge is -2.08. The second-order valence-electron chi connectivity index (χ2n) is 3.70. The Bertz CT molecular complexity index is 616. The van der Waals surface area contributed by atoms with Crippen molar-refractivity contribution in [3.05, 3.63) is 39.4 Å².